The minimum absolute atomic E-state index is 0.0734. The predicted octanol–water partition coefficient (Wildman–Crippen LogP) is 7.84. The van der Waals surface area contributed by atoms with Gasteiger partial charge in [-0.25, -0.2) is 9.46 Å². The standard InChI is InChI=1S/C42H53N4O8P/c1-9-10-16-39(47)43-38-25-26-45(41(48)44-38)40-27-36(54-55(51-8)46(29(2)3)30(4)5)37(53-40)28-52-42(31-14-12-11-13-15-31,32-17-21-34(49-6)22-18-32)33-19-23-35(50-7)24-20-33/h9,11-15,17-26,29-30,36-37,40H,1,10,16,27-28H2,2-8H3,(H,43,44,47,48)/t36-,37+,40+,55?/m0/s1. The second kappa shape index (κ2) is 19.4. The van der Waals surface area contributed by atoms with Crippen LogP contribution in [0.4, 0.5) is 5.82 Å². The van der Waals surface area contributed by atoms with Crippen molar-refractivity contribution >= 4 is 20.3 Å². The van der Waals surface area contributed by atoms with Gasteiger partial charge in [0.05, 0.1) is 26.9 Å². The van der Waals surface area contributed by atoms with Gasteiger partial charge in [0.1, 0.15) is 35.2 Å². The number of benzene rings is 3. The number of anilines is 1. The highest BCUT2D eigenvalue weighted by atomic mass is 31.2. The Morgan fingerprint density at radius 3 is 2.04 bits per heavy atom. The number of amides is 1. The van der Waals surface area contributed by atoms with Crippen LogP contribution in [0.2, 0.25) is 0 Å². The van der Waals surface area contributed by atoms with Crippen LogP contribution in [0.1, 0.15) is 69.9 Å². The summed E-state index contributed by atoms with van der Waals surface area (Å²) in [4.78, 5) is 29.9. The molecule has 1 aliphatic heterocycles. The number of rotatable bonds is 19. The molecule has 55 heavy (non-hydrogen) atoms. The highest BCUT2D eigenvalue weighted by Crippen LogP contribution is 2.50. The first-order valence-electron chi connectivity index (χ1n) is 18.5. The Balaban J connectivity index is 1.55. The molecule has 0 radical (unpaired) electrons. The van der Waals surface area contributed by atoms with Gasteiger partial charge < -0.3 is 33.3 Å². The first-order valence-corrected chi connectivity index (χ1v) is 19.6. The molecule has 5 rings (SSSR count). The van der Waals surface area contributed by atoms with Crippen molar-refractivity contribution in [1.82, 2.24) is 14.2 Å². The van der Waals surface area contributed by atoms with E-state index < -0.39 is 38.3 Å². The molecule has 1 amide bonds. The summed E-state index contributed by atoms with van der Waals surface area (Å²) in [5, 5.41) is 2.69. The van der Waals surface area contributed by atoms with Crippen LogP contribution in [0.5, 0.6) is 11.5 Å². The van der Waals surface area contributed by atoms with Gasteiger partial charge in [-0.2, -0.15) is 4.98 Å². The van der Waals surface area contributed by atoms with Gasteiger partial charge >= 0.3 is 5.69 Å². The van der Waals surface area contributed by atoms with Crippen molar-refractivity contribution in [3.8, 4) is 11.5 Å². The van der Waals surface area contributed by atoms with Gasteiger partial charge in [-0.05, 0) is 81.1 Å². The molecule has 2 heterocycles. The van der Waals surface area contributed by atoms with Crippen molar-refractivity contribution < 1.29 is 32.8 Å². The van der Waals surface area contributed by atoms with Gasteiger partial charge in [-0.3, -0.25) is 9.36 Å². The Hall–Kier alpha value is -4.42. The van der Waals surface area contributed by atoms with E-state index in [4.69, 9.17) is 28.0 Å². The maximum Gasteiger partial charge on any atom is 0.351 e. The summed E-state index contributed by atoms with van der Waals surface area (Å²) in [5.74, 6) is 1.34. The van der Waals surface area contributed by atoms with Crippen molar-refractivity contribution in [2.45, 2.75) is 83.1 Å². The highest BCUT2D eigenvalue weighted by Gasteiger charge is 2.45. The number of carbonyl (C=O) groups is 1. The number of nitrogens with zero attached hydrogens (tertiary/aromatic N) is 3. The van der Waals surface area contributed by atoms with Crippen molar-refractivity contribution in [2.24, 2.45) is 0 Å². The minimum Gasteiger partial charge on any atom is -0.497 e. The van der Waals surface area contributed by atoms with E-state index in [0.717, 1.165) is 16.7 Å². The van der Waals surface area contributed by atoms with Crippen LogP contribution in [-0.4, -0.2) is 72.4 Å². The average Bonchev–Trinajstić information content (AvgIpc) is 3.59. The lowest BCUT2D eigenvalue weighted by molar-refractivity contribution is -0.116. The summed E-state index contributed by atoms with van der Waals surface area (Å²) < 4.78 is 41.4. The highest BCUT2D eigenvalue weighted by molar-refractivity contribution is 7.44. The van der Waals surface area contributed by atoms with E-state index in [1.165, 1.54) is 4.57 Å². The molecule has 0 bridgehead atoms. The van der Waals surface area contributed by atoms with Crippen LogP contribution in [-0.2, 0) is 28.9 Å². The maximum absolute atomic E-state index is 13.5. The van der Waals surface area contributed by atoms with Gasteiger partial charge in [0.15, 0.2) is 0 Å². The first kappa shape index (κ1) is 41.7. The molecule has 1 aliphatic rings. The Morgan fingerprint density at radius 1 is 0.945 bits per heavy atom. The first-order chi connectivity index (χ1) is 26.5. The average molecular weight is 773 g/mol. The molecule has 12 nitrogen and oxygen atoms in total. The summed E-state index contributed by atoms with van der Waals surface area (Å²) in [6.07, 6.45) is 2.40. The van der Waals surface area contributed by atoms with Crippen LogP contribution in [0.25, 0.3) is 0 Å². The topological polar surface area (TPSA) is 123 Å². The number of hydrogen-bond donors (Lipinski definition) is 1. The zero-order valence-corrected chi connectivity index (χ0v) is 33.6. The third-order valence-electron chi connectivity index (χ3n) is 9.43. The van der Waals surface area contributed by atoms with Gasteiger partial charge in [0, 0.05) is 38.2 Å². The van der Waals surface area contributed by atoms with E-state index in [2.05, 4.69) is 49.2 Å². The van der Waals surface area contributed by atoms with Gasteiger partial charge in [0.25, 0.3) is 8.53 Å². The normalized spacial score (nSPS) is 17.7. The molecule has 1 N–H and O–H groups in total. The van der Waals surface area contributed by atoms with Crippen molar-refractivity contribution in [1.29, 1.82) is 0 Å². The van der Waals surface area contributed by atoms with Gasteiger partial charge in [-0.1, -0.05) is 60.7 Å². The number of nitrogens with one attached hydrogen (secondary N) is 1. The van der Waals surface area contributed by atoms with Crippen LogP contribution in [0, 0.1) is 0 Å². The van der Waals surface area contributed by atoms with Crippen molar-refractivity contribution in [3.05, 3.63) is 131 Å². The van der Waals surface area contributed by atoms with E-state index in [-0.39, 0.29) is 36.8 Å². The molecular formula is C42H53N4O8P. The van der Waals surface area contributed by atoms with Crippen molar-refractivity contribution in [2.75, 3.05) is 33.3 Å². The number of allylic oxidation sites excluding steroid dienone is 1. The minimum atomic E-state index is -1.52. The molecule has 4 aromatic rings. The van der Waals surface area contributed by atoms with Gasteiger partial charge in [0.2, 0.25) is 5.91 Å². The number of hydrogen-bond acceptors (Lipinski definition) is 10. The molecule has 1 saturated heterocycles. The SMILES string of the molecule is C=CCCC(=O)Nc1ccn([C@H]2C[C@H](OP(OC)N(C(C)C)C(C)C)[C@@H](COC(c3ccccc3)(c3ccc(OC)cc3)c3ccc(OC)cc3)O2)c(=O)n1. The predicted molar refractivity (Wildman–Crippen MR) is 214 cm³/mol. The molecule has 294 valence electrons. The summed E-state index contributed by atoms with van der Waals surface area (Å²) in [5.41, 5.74) is 0.958. The second-order valence-electron chi connectivity index (χ2n) is 13.7. The molecule has 0 aliphatic carbocycles. The fourth-order valence-electron chi connectivity index (χ4n) is 6.83. The quantitative estimate of drug-likeness (QED) is 0.0573. The van der Waals surface area contributed by atoms with Crippen LogP contribution < -0.4 is 20.5 Å². The third kappa shape index (κ3) is 9.88. The summed E-state index contributed by atoms with van der Waals surface area (Å²) in [6.45, 7) is 12.1. The number of carbonyl (C=O) groups excluding carboxylic acids is 1. The molecule has 1 fully saturated rings. The molecule has 0 saturated carbocycles. The lowest BCUT2D eigenvalue weighted by Gasteiger charge is -2.38. The Labute approximate surface area is 325 Å². The largest absolute Gasteiger partial charge is 0.497 e. The summed E-state index contributed by atoms with van der Waals surface area (Å²) >= 11 is 0. The summed E-state index contributed by atoms with van der Waals surface area (Å²) in [6, 6.07) is 27.5. The van der Waals surface area contributed by atoms with Crippen LogP contribution >= 0.6 is 8.53 Å². The second-order valence-corrected chi connectivity index (χ2v) is 15.2. The van der Waals surface area contributed by atoms with Crippen LogP contribution in [0.15, 0.2) is 109 Å². The monoisotopic (exact) mass is 772 g/mol. The molecule has 0 spiro atoms. The molecule has 1 unspecified atom stereocenters. The lowest BCUT2D eigenvalue weighted by Crippen LogP contribution is -2.39. The Bertz CT molecular complexity index is 1830. The fourth-order valence-corrected chi connectivity index (χ4v) is 8.43. The Morgan fingerprint density at radius 2 is 1.53 bits per heavy atom. The van der Waals surface area contributed by atoms with E-state index in [9.17, 15) is 9.59 Å². The molecule has 4 atom stereocenters. The zero-order chi connectivity index (χ0) is 39.5. The molecule has 1 aromatic heterocycles. The molecule has 3 aromatic carbocycles. The summed E-state index contributed by atoms with van der Waals surface area (Å²) in [7, 11) is 3.39. The van der Waals surface area contributed by atoms with E-state index in [0.29, 0.717) is 24.3 Å². The third-order valence-corrected chi connectivity index (χ3v) is 11.5. The number of ether oxygens (including phenoxy) is 4. The lowest BCUT2D eigenvalue weighted by atomic mass is 9.80. The number of aromatic nitrogens is 2. The fraction of sp³-hybridized carbons (Fsp3) is 0.405. The van der Waals surface area contributed by atoms with Crippen LogP contribution in [0.3, 0.4) is 0 Å². The molecule has 13 heteroatoms. The zero-order valence-electron chi connectivity index (χ0n) is 32.7. The van der Waals surface area contributed by atoms with Crippen molar-refractivity contribution in [3.63, 3.8) is 0 Å². The van der Waals surface area contributed by atoms with E-state index in [1.54, 1.807) is 39.7 Å². The Kier molecular flexibility index (Phi) is 14.8. The maximum atomic E-state index is 13.5. The number of methoxy groups -OCH3 is 2. The van der Waals surface area contributed by atoms with Gasteiger partial charge in [-0.15, -0.1) is 6.58 Å². The molecular weight excluding hydrogens is 719 g/mol. The van der Waals surface area contributed by atoms with E-state index >= 15 is 0 Å². The smallest absolute Gasteiger partial charge is 0.351 e. The van der Waals surface area contributed by atoms with E-state index in [1.807, 2.05) is 78.9 Å².